The number of para-hydroxylation sites is 1. The lowest BCUT2D eigenvalue weighted by Crippen LogP contribution is -2.47. The van der Waals surface area contributed by atoms with Crippen LogP contribution in [0.3, 0.4) is 0 Å². The predicted molar refractivity (Wildman–Crippen MR) is 102 cm³/mol. The van der Waals surface area contributed by atoms with E-state index in [1.165, 1.54) is 5.56 Å². The van der Waals surface area contributed by atoms with Crippen LogP contribution in [0.25, 0.3) is 10.9 Å². The van der Waals surface area contributed by atoms with E-state index in [1.807, 2.05) is 54.7 Å². The quantitative estimate of drug-likeness (QED) is 0.655. The van der Waals surface area contributed by atoms with Crippen molar-refractivity contribution in [3.05, 3.63) is 76.5 Å². The van der Waals surface area contributed by atoms with Crippen LogP contribution in [-0.2, 0) is 21.6 Å². The van der Waals surface area contributed by atoms with E-state index in [1.54, 1.807) is 6.92 Å². The second-order valence-electron chi connectivity index (χ2n) is 6.94. The first kappa shape index (κ1) is 15.5. The number of benzene rings is 2. The number of esters is 1. The van der Waals surface area contributed by atoms with Crippen LogP contribution >= 0.6 is 11.6 Å². The van der Waals surface area contributed by atoms with Gasteiger partial charge in [-0.15, -0.1) is 0 Å². The van der Waals surface area contributed by atoms with Crippen molar-refractivity contribution in [1.82, 2.24) is 4.98 Å². The van der Waals surface area contributed by atoms with Crippen LogP contribution < -0.4 is 5.32 Å². The summed E-state index contributed by atoms with van der Waals surface area (Å²) >= 11 is 6.37. The van der Waals surface area contributed by atoms with E-state index in [2.05, 4.69) is 10.3 Å². The lowest BCUT2D eigenvalue weighted by molar-refractivity contribution is -0.148. The Morgan fingerprint density at radius 3 is 2.77 bits per heavy atom. The highest BCUT2D eigenvalue weighted by Crippen LogP contribution is 2.48. The number of ether oxygens (including phenoxy) is 1. The summed E-state index contributed by atoms with van der Waals surface area (Å²) < 4.78 is 5.99. The van der Waals surface area contributed by atoms with Gasteiger partial charge < -0.3 is 15.0 Å². The second kappa shape index (κ2) is 5.39. The summed E-state index contributed by atoms with van der Waals surface area (Å²) in [6.07, 6.45) is 4.67. The van der Waals surface area contributed by atoms with Gasteiger partial charge in [0, 0.05) is 28.4 Å². The van der Waals surface area contributed by atoms with Crippen molar-refractivity contribution in [3.63, 3.8) is 0 Å². The van der Waals surface area contributed by atoms with Crippen molar-refractivity contribution in [2.45, 2.75) is 25.0 Å². The van der Waals surface area contributed by atoms with Crippen LogP contribution in [-0.4, -0.2) is 17.0 Å². The summed E-state index contributed by atoms with van der Waals surface area (Å²) in [5.74, 6) is -0.271. The summed E-state index contributed by atoms with van der Waals surface area (Å²) in [4.78, 5) is 15.6. The molecule has 5 heteroatoms. The molecule has 1 aliphatic carbocycles. The fraction of sp³-hybridized carbons (Fsp3) is 0.190. The van der Waals surface area contributed by atoms with Crippen molar-refractivity contribution < 1.29 is 9.53 Å². The molecular formula is C21H17ClN2O2. The number of H-pyrrole nitrogens is 1. The fourth-order valence-electron chi connectivity index (χ4n) is 4.17. The molecule has 5 rings (SSSR count). The first-order valence-corrected chi connectivity index (χ1v) is 8.99. The molecule has 0 saturated carbocycles. The standard InChI is InChI=1S/C21H17ClN2O2/c1-12-10-21(26-20(12)25)15-7-8-16(22)19-18(15)13(11-23-19)9-17(21)24-14-5-3-2-4-6-14/h2-8,10-11,17,23-24H,9H2,1H3. The van der Waals surface area contributed by atoms with Gasteiger partial charge in [-0.25, -0.2) is 4.79 Å². The second-order valence-corrected chi connectivity index (χ2v) is 7.34. The van der Waals surface area contributed by atoms with Gasteiger partial charge in [0.2, 0.25) is 0 Å². The Kier molecular flexibility index (Phi) is 3.22. The van der Waals surface area contributed by atoms with E-state index in [-0.39, 0.29) is 12.0 Å². The molecule has 2 N–H and O–H groups in total. The average Bonchev–Trinajstić information content (AvgIpc) is 3.18. The number of hydrogen-bond donors (Lipinski definition) is 2. The topological polar surface area (TPSA) is 54.1 Å². The lowest BCUT2D eigenvalue weighted by atomic mass is 9.76. The molecule has 4 nitrogen and oxygen atoms in total. The van der Waals surface area contributed by atoms with Gasteiger partial charge in [-0.05, 0) is 43.2 Å². The van der Waals surface area contributed by atoms with Crippen molar-refractivity contribution in [1.29, 1.82) is 0 Å². The number of anilines is 1. The molecule has 2 aliphatic rings. The lowest BCUT2D eigenvalue weighted by Gasteiger charge is -2.40. The first-order valence-electron chi connectivity index (χ1n) is 8.62. The zero-order valence-electron chi connectivity index (χ0n) is 14.2. The minimum atomic E-state index is -0.838. The molecule has 2 unspecified atom stereocenters. The molecule has 2 atom stereocenters. The molecule has 1 aliphatic heterocycles. The van der Waals surface area contributed by atoms with Gasteiger partial charge in [-0.1, -0.05) is 35.9 Å². The molecular weight excluding hydrogens is 348 g/mol. The van der Waals surface area contributed by atoms with Gasteiger partial charge in [-0.2, -0.15) is 0 Å². The Morgan fingerprint density at radius 2 is 2.04 bits per heavy atom. The Balaban J connectivity index is 1.72. The van der Waals surface area contributed by atoms with E-state index >= 15 is 0 Å². The van der Waals surface area contributed by atoms with Crippen LogP contribution in [0.1, 0.15) is 18.1 Å². The molecule has 2 heterocycles. The first-order chi connectivity index (χ1) is 12.6. The Hall–Kier alpha value is -2.72. The van der Waals surface area contributed by atoms with Crippen molar-refractivity contribution >= 4 is 34.2 Å². The van der Waals surface area contributed by atoms with Crippen molar-refractivity contribution in [3.8, 4) is 0 Å². The number of nitrogens with one attached hydrogen (secondary N) is 2. The smallest absolute Gasteiger partial charge is 0.334 e. The zero-order chi connectivity index (χ0) is 17.9. The highest BCUT2D eigenvalue weighted by molar-refractivity contribution is 6.35. The monoisotopic (exact) mass is 364 g/mol. The van der Waals surface area contributed by atoms with Crippen LogP contribution in [0, 0.1) is 0 Å². The van der Waals surface area contributed by atoms with E-state index in [9.17, 15) is 4.79 Å². The minimum Gasteiger partial charge on any atom is -0.444 e. The highest BCUT2D eigenvalue weighted by atomic mass is 35.5. The molecule has 0 radical (unpaired) electrons. The fourth-order valence-corrected chi connectivity index (χ4v) is 4.38. The highest BCUT2D eigenvalue weighted by Gasteiger charge is 2.50. The van der Waals surface area contributed by atoms with E-state index < -0.39 is 5.60 Å². The van der Waals surface area contributed by atoms with Gasteiger partial charge in [0.25, 0.3) is 0 Å². The molecule has 0 saturated heterocycles. The normalized spacial score (nSPS) is 24.0. The molecule has 3 aromatic rings. The zero-order valence-corrected chi connectivity index (χ0v) is 14.9. The number of rotatable bonds is 2. The molecule has 26 heavy (non-hydrogen) atoms. The third-order valence-corrected chi connectivity index (χ3v) is 5.67. The van der Waals surface area contributed by atoms with E-state index in [4.69, 9.17) is 16.3 Å². The molecule has 0 bridgehead atoms. The summed E-state index contributed by atoms with van der Waals surface area (Å²) in [7, 11) is 0. The van der Waals surface area contributed by atoms with Gasteiger partial charge in [0.05, 0.1) is 16.6 Å². The predicted octanol–water partition coefficient (Wildman–Crippen LogP) is 4.56. The van der Waals surface area contributed by atoms with Crippen LogP contribution in [0.5, 0.6) is 0 Å². The number of halogens is 1. The number of hydrogen-bond acceptors (Lipinski definition) is 3. The number of aromatic nitrogens is 1. The van der Waals surface area contributed by atoms with Crippen molar-refractivity contribution in [2.75, 3.05) is 5.32 Å². The number of fused-ring (bicyclic) bond motifs is 1. The molecule has 0 amide bonds. The van der Waals surface area contributed by atoms with Crippen LogP contribution in [0.4, 0.5) is 5.69 Å². The van der Waals surface area contributed by atoms with Gasteiger partial charge >= 0.3 is 5.97 Å². The van der Waals surface area contributed by atoms with Crippen molar-refractivity contribution in [2.24, 2.45) is 0 Å². The Bertz CT molecular complexity index is 1070. The summed E-state index contributed by atoms with van der Waals surface area (Å²) in [5, 5.41) is 5.30. The van der Waals surface area contributed by atoms with Crippen LogP contribution in [0.15, 0.2) is 60.3 Å². The van der Waals surface area contributed by atoms with E-state index in [0.717, 1.165) is 28.6 Å². The third-order valence-electron chi connectivity index (χ3n) is 5.36. The molecule has 2 aromatic carbocycles. The minimum absolute atomic E-state index is 0.112. The molecule has 0 fully saturated rings. The summed E-state index contributed by atoms with van der Waals surface area (Å²) in [6.45, 7) is 1.80. The maximum Gasteiger partial charge on any atom is 0.334 e. The summed E-state index contributed by atoms with van der Waals surface area (Å²) in [5.41, 5.74) is 3.82. The number of aromatic amines is 1. The van der Waals surface area contributed by atoms with Gasteiger partial charge in [-0.3, -0.25) is 0 Å². The summed E-state index contributed by atoms with van der Waals surface area (Å²) in [6, 6.07) is 13.7. The molecule has 1 aromatic heterocycles. The van der Waals surface area contributed by atoms with Crippen LogP contribution in [0.2, 0.25) is 5.02 Å². The van der Waals surface area contributed by atoms with Gasteiger partial charge in [0.1, 0.15) is 0 Å². The molecule has 1 spiro atoms. The molecule has 130 valence electrons. The maximum atomic E-state index is 12.3. The Labute approximate surface area is 155 Å². The third kappa shape index (κ3) is 2.05. The average molecular weight is 365 g/mol. The number of carbonyl (C=O) groups excluding carboxylic acids is 1. The largest absolute Gasteiger partial charge is 0.444 e. The maximum absolute atomic E-state index is 12.3. The van der Waals surface area contributed by atoms with E-state index in [0.29, 0.717) is 10.6 Å². The SMILES string of the molecule is CC1=CC2(OC1=O)c1ccc(Cl)c3[nH]cc(c13)CC2Nc1ccccc1. The number of carbonyl (C=O) groups is 1. The Morgan fingerprint density at radius 1 is 1.23 bits per heavy atom. The van der Waals surface area contributed by atoms with Gasteiger partial charge in [0.15, 0.2) is 5.60 Å².